The van der Waals surface area contributed by atoms with Crippen molar-refractivity contribution in [3.05, 3.63) is 17.8 Å². The molecule has 2 heterocycles. The van der Waals surface area contributed by atoms with E-state index in [1.54, 1.807) is 12.1 Å². The van der Waals surface area contributed by atoms with Gasteiger partial charge in [0.2, 0.25) is 0 Å². The minimum absolute atomic E-state index is 0.0515. The van der Waals surface area contributed by atoms with Crippen LogP contribution in [0.2, 0.25) is 0 Å². The number of nitrogen functional groups attached to an aromatic ring is 1. The molecule has 0 atom stereocenters. The molecule has 3 N–H and O–H groups in total. The highest BCUT2D eigenvalue weighted by Crippen LogP contribution is 2.19. The summed E-state index contributed by atoms with van der Waals surface area (Å²) in [5, 5.41) is 7.73. The predicted octanol–water partition coefficient (Wildman–Crippen LogP) is 0.176. The Morgan fingerprint density at radius 2 is 2.10 bits per heavy atom. The van der Waals surface area contributed by atoms with E-state index in [9.17, 15) is 4.79 Å². The number of carbonyl (C=O) groups excluding carboxylic acids is 1. The van der Waals surface area contributed by atoms with Gasteiger partial charge in [0.15, 0.2) is 11.5 Å². The number of anilines is 1. The van der Waals surface area contributed by atoms with E-state index in [4.69, 9.17) is 5.84 Å². The third-order valence-corrected chi connectivity index (χ3v) is 3.56. The van der Waals surface area contributed by atoms with Crippen LogP contribution in [-0.4, -0.2) is 59.6 Å². The van der Waals surface area contributed by atoms with E-state index in [0.29, 0.717) is 17.4 Å². The molecule has 110 valence electrons. The number of carbonyl (C=O) groups is 1. The molecule has 0 bridgehead atoms. The molecule has 1 fully saturated rings. The second-order valence-electron chi connectivity index (χ2n) is 5.45. The minimum atomic E-state index is -0.0515. The van der Waals surface area contributed by atoms with Crippen molar-refractivity contribution in [3.63, 3.8) is 0 Å². The Labute approximate surface area is 119 Å². The first-order chi connectivity index (χ1) is 9.60. The van der Waals surface area contributed by atoms with Crippen LogP contribution in [0.4, 0.5) is 5.82 Å². The summed E-state index contributed by atoms with van der Waals surface area (Å²) in [6.07, 6.45) is 2.08. The van der Waals surface area contributed by atoms with E-state index in [1.165, 1.54) is 0 Å². The maximum absolute atomic E-state index is 12.3. The van der Waals surface area contributed by atoms with Crippen LogP contribution in [0, 0.1) is 5.92 Å². The number of hydrogen-bond donors (Lipinski definition) is 2. The number of nitrogens with one attached hydrogen (secondary N) is 1. The van der Waals surface area contributed by atoms with Crippen LogP contribution in [0.25, 0.3) is 0 Å². The number of piperidine rings is 1. The fourth-order valence-electron chi connectivity index (χ4n) is 2.52. The summed E-state index contributed by atoms with van der Waals surface area (Å²) in [5.41, 5.74) is 2.76. The molecule has 0 radical (unpaired) electrons. The van der Waals surface area contributed by atoms with Crippen LogP contribution in [0.1, 0.15) is 23.3 Å². The third kappa shape index (κ3) is 3.64. The first kappa shape index (κ1) is 14.7. The Morgan fingerprint density at radius 1 is 1.40 bits per heavy atom. The zero-order chi connectivity index (χ0) is 14.5. The van der Waals surface area contributed by atoms with Gasteiger partial charge in [-0.05, 0) is 45.0 Å². The number of nitrogens with zero attached hydrogens (tertiary/aromatic N) is 4. The zero-order valence-corrected chi connectivity index (χ0v) is 12.0. The van der Waals surface area contributed by atoms with Gasteiger partial charge in [0.25, 0.3) is 5.91 Å². The predicted molar refractivity (Wildman–Crippen MR) is 77.0 cm³/mol. The van der Waals surface area contributed by atoms with Gasteiger partial charge in [0.05, 0.1) is 0 Å². The average molecular weight is 278 g/mol. The second-order valence-corrected chi connectivity index (χ2v) is 5.45. The molecule has 0 saturated carbocycles. The van der Waals surface area contributed by atoms with Gasteiger partial charge in [-0.2, -0.15) is 0 Å². The lowest BCUT2D eigenvalue weighted by atomic mass is 9.96. The molecule has 0 spiro atoms. The number of nitrogens with two attached hydrogens (primary N) is 1. The molecule has 7 nitrogen and oxygen atoms in total. The smallest absolute Gasteiger partial charge is 0.274 e. The second kappa shape index (κ2) is 6.62. The van der Waals surface area contributed by atoms with Gasteiger partial charge in [-0.15, -0.1) is 10.2 Å². The molecule has 1 aliphatic heterocycles. The van der Waals surface area contributed by atoms with Crippen LogP contribution >= 0.6 is 0 Å². The molecule has 7 heteroatoms. The SMILES string of the molecule is CN(C)CC1CCN(C(=O)c2ccc(NN)nn2)CC1. The Bertz CT molecular complexity index is 439. The molecule has 20 heavy (non-hydrogen) atoms. The van der Waals surface area contributed by atoms with Crippen molar-refractivity contribution in [2.45, 2.75) is 12.8 Å². The maximum atomic E-state index is 12.3. The minimum Gasteiger partial charge on any atom is -0.337 e. The quantitative estimate of drug-likeness (QED) is 0.603. The van der Waals surface area contributed by atoms with Crippen molar-refractivity contribution in [2.75, 3.05) is 39.2 Å². The van der Waals surface area contributed by atoms with Crippen molar-refractivity contribution in [1.29, 1.82) is 0 Å². The summed E-state index contributed by atoms with van der Waals surface area (Å²) in [5.74, 6) is 6.29. The molecule has 1 aromatic rings. The highest BCUT2D eigenvalue weighted by molar-refractivity contribution is 5.92. The zero-order valence-electron chi connectivity index (χ0n) is 12.0. The maximum Gasteiger partial charge on any atom is 0.274 e. The molecule has 1 saturated heterocycles. The summed E-state index contributed by atoms with van der Waals surface area (Å²) < 4.78 is 0. The van der Waals surface area contributed by atoms with Crippen molar-refractivity contribution in [1.82, 2.24) is 20.0 Å². The molecule has 1 aromatic heterocycles. The van der Waals surface area contributed by atoms with E-state index in [-0.39, 0.29) is 5.91 Å². The molecule has 0 aromatic carbocycles. The van der Waals surface area contributed by atoms with Crippen LogP contribution in [-0.2, 0) is 0 Å². The monoisotopic (exact) mass is 278 g/mol. The van der Waals surface area contributed by atoms with Gasteiger partial charge in [-0.3, -0.25) is 4.79 Å². The van der Waals surface area contributed by atoms with Crippen molar-refractivity contribution in [2.24, 2.45) is 11.8 Å². The van der Waals surface area contributed by atoms with Gasteiger partial charge in [0.1, 0.15) is 0 Å². The standard InChI is InChI=1S/C13H22N6O/c1-18(2)9-10-5-7-19(8-6-10)13(20)11-3-4-12(15-14)17-16-11/h3-4,10H,5-9,14H2,1-2H3,(H,15,17). The van der Waals surface area contributed by atoms with Gasteiger partial charge < -0.3 is 15.2 Å². The number of likely N-dealkylation sites (tertiary alicyclic amines) is 1. The van der Waals surface area contributed by atoms with Crippen LogP contribution < -0.4 is 11.3 Å². The molecule has 1 aliphatic rings. The fraction of sp³-hybridized carbons (Fsp3) is 0.615. The normalized spacial score (nSPS) is 16.5. The number of hydrazine groups is 1. The molecular formula is C13H22N6O. The first-order valence-corrected chi connectivity index (χ1v) is 6.84. The van der Waals surface area contributed by atoms with Crippen molar-refractivity contribution in [3.8, 4) is 0 Å². The molecule has 0 aliphatic carbocycles. The summed E-state index contributed by atoms with van der Waals surface area (Å²) in [4.78, 5) is 16.3. The third-order valence-electron chi connectivity index (χ3n) is 3.56. The van der Waals surface area contributed by atoms with Crippen molar-refractivity contribution < 1.29 is 4.79 Å². The lowest BCUT2D eigenvalue weighted by Crippen LogP contribution is -2.41. The van der Waals surface area contributed by atoms with E-state index >= 15 is 0 Å². The Balaban J connectivity index is 1.90. The Kier molecular flexibility index (Phi) is 4.86. The van der Waals surface area contributed by atoms with E-state index < -0.39 is 0 Å². The summed E-state index contributed by atoms with van der Waals surface area (Å²) in [6, 6.07) is 3.30. The Morgan fingerprint density at radius 3 is 2.60 bits per heavy atom. The van der Waals surface area contributed by atoms with E-state index in [1.807, 2.05) is 4.90 Å². The number of aromatic nitrogens is 2. The first-order valence-electron chi connectivity index (χ1n) is 6.84. The van der Waals surface area contributed by atoms with E-state index in [2.05, 4.69) is 34.6 Å². The lowest BCUT2D eigenvalue weighted by molar-refractivity contribution is 0.0671. The van der Waals surface area contributed by atoms with Crippen molar-refractivity contribution >= 4 is 11.7 Å². The summed E-state index contributed by atoms with van der Waals surface area (Å²) >= 11 is 0. The van der Waals surface area contributed by atoms with Gasteiger partial charge >= 0.3 is 0 Å². The topological polar surface area (TPSA) is 87.4 Å². The van der Waals surface area contributed by atoms with Crippen LogP contribution in [0.3, 0.4) is 0 Å². The highest BCUT2D eigenvalue weighted by atomic mass is 16.2. The number of rotatable bonds is 4. The Hall–Kier alpha value is -1.73. The molecule has 1 amide bonds. The lowest BCUT2D eigenvalue weighted by Gasteiger charge is -2.32. The van der Waals surface area contributed by atoms with Gasteiger partial charge in [0, 0.05) is 19.6 Å². The summed E-state index contributed by atoms with van der Waals surface area (Å²) in [7, 11) is 4.17. The molecule has 2 rings (SSSR count). The summed E-state index contributed by atoms with van der Waals surface area (Å²) in [6.45, 7) is 2.66. The van der Waals surface area contributed by atoms with Gasteiger partial charge in [-0.25, -0.2) is 5.84 Å². The number of amides is 1. The average Bonchev–Trinajstić information content (AvgIpc) is 2.47. The molecule has 0 unspecified atom stereocenters. The largest absolute Gasteiger partial charge is 0.337 e. The fourth-order valence-corrected chi connectivity index (χ4v) is 2.52. The van der Waals surface area contributed by atoms with E-state index in [0.717, 1.165) is 32.5 Å². The number of hydrogen-bond acceptors (Lipinski definition) is 6. The highest BCUT2D eigenvalue weighted by Gasteiger charge is 2.24. The van der Waals surface area contributed by atoms with Crippen LogP contribution in [0.15, 0.2) is 12.1 Å². The van der Waals surface area contributed by atoms with Gasteiger partial charge in [-0.1, -0.05) is 0 Å². The van der Waals surface area contributed by atoms with Crippen LogP contribution in [0.5, 0.6) is 0 Å². The molecular weight excluding hydrogens is 256 g/mol.